The second-order valence-corrected chi connectivity index (χ2v) is 7.95. The van der Waals surface area contributed by atoms with Crippen molar-refractivity contribution in [3.05, 3.63) is 68.7 Å². The van der Waals surface area contributed by atoms with E-state index in [1.54, 1.807) is 17.4 Å². The van der Waals surface area contributed by atoms with Crippen LogP contribution in [0.2, 0.25) is 0 Å². The summed E-state index contributed by atoms with van der Waals surface area (Å²) in [6.45, 7) is -0.0961. The number of carbonyl (C=O) groups excluding carboxylic acids is 1. The lowest BCUT2D eigenvalue weighted by atomic mass is 9.97. The van der Waals surface area contributed by atoms with Gasteiger partial charge in [-0.3, -0.25) is 4.79 Å². The average Bonchev–Trinajstić information content (AvgIpc) is 3.10. The topological polar surface area (TPSA) is 84.9 Å². The molecule has 28 heavy (non-hydrogen) atoms. The summed E-state index contributed by atoms with van der Waals surface area (Å²) >= 11 is 1.58. The van der Waals surface area contributed by atoms with Crippen molar-refractivity contribution in [2.24, 2.45) is 0 Å². The molecule has 0 radical (unpaired) electrons. The smallest absolute Gasteiger partial charge is 0.357 e. The Morgan fingerprint density at radius 2 is 1.96 bits per heavy atom. The molecule has 0 aliphatic heterocycles. The second kappa shape index (κ2) is 6.83. The van der Waals surface area contributed by atoms with Crippen LogP contribution in [-0.4, -0.2) is 20.9 Å². The van der Waals surface area contributed by atoms with Gasteiger partial charge in [0.05, 0.1) is 10.9 Å². The molecule has 0 unspecified atom stereocenters. The van der Waals surface area contributed by atoms with Crippen LogP contribution < -0.4 is 5.56 Å². The summed E-state index contributed by atoms with van der Waals surface area (Å²) in [5, 5.41) is 1.66. The number of nitrogens with one attached hydrogen (secondary N) is 1. The number of nitrogens with zero attached hydrogens (tertiary/aromatic N) is 2. The first-order chi connectivity index (χ1) is 13.7. The normalized spacial score (nSPS) is 13.6. The molecule has 0 fully saturated rings. The number of para-hydroxylation sites is 1. The summed E-state index contributed by atoms with van der Waals surface area (Å²) in [6.07, 6.45) is 4.20. The number of pyridine rings is 1. The molecule has 140 valence electrons. The number of hydrogen-bond acceptors (Lipinski definition) is 6. The van der Waals surface area contributed by atoms with E-state index in [1.807, 2.05) is 30.3 Å². The van der Waals surface area contributed by atoms with Crippen LogP contribution in [0.4, 0.5) is 0 Å². The van der Waals surface area contributed by atoms with Gasteiger partial charge in [-0.25, -0.2) is 14.8 Å². The number of esters is 1. The van der Waals surface area contributed by atoms with Crippen molar-refractivity contribution < 1.29 is 9.53 Å². The minimum atomic E-state index is -0.543. The lowest BCUT2D eigenvalue weighted by Crippen LogP contribution is -2.15. The predicted molar refractivity (Wildman–Crippen MR) is 108 cm³/mol. The lowest BCUT2D eigenvalue weighted by molar-refractivity contribution is 0.0456. The molecule has 7 heteroatoms. The molecule has 5 rings (SSSR count). The van der Waals surface area contributed by atoms with Crippen LogP contribution in [0.3, 0.4) is 0 Å². The molecule has 0 spiro atoms. The van der Waals surface area contributed by atoms with Crippen molar-refractivity contribution in [1.29, 1.82) is 0 Å². The molecule has 0 saturated heterocycles. The van der Waals surface area contributed by atoms with Crippen molar-refractivity contribution in [3.63, 3.8) is 0 Å². The van der Waals surface area contributed by atoms with Crippen LogP contribution in [0.5, 0.6) is 0 Å². The van der Waals surface area contributed by atoms with E-state index < -0.39 is 5.97 Å². The predicted octanol–water partition coefficient (Wildman–Crippen LogP) is 3.77. The molecule has 1 aromatic carbocycles. The van der Waals surface area contributed by atoms with Gasteiger partial charge < -0.3 is 9.72 Å². The van der Waals surface area contributed by atoms with Gasteiger partial charge in [-0.05, 0) is 43.4 Å². The van der Waals surface area contributed by atoms with Crippen LogP contribution in [0.15, 0.2) is 41.2 Å². The molecule has 3 heterocycles. The first kappa shape index (κ1) is 17.1. The summed E-state index contributed by atoms with van der Waals surface area (Å²) < 4.78 is 5.34. The molecule has 4 aromatic rings. The van der Waals surface area contributed by atoms with Crippen molar-refractivity contribution in [2.45, 2.75) is 32.3 Å². The van der Waals surface area contributed by atoms with E-state index >= 15 is 0 Å². The van der Waals surface area contributed by atoms with E-state index in [2.05, 4.69) is 15.0 Å². The Balaban J connectivity index is 1.39. The van der Waals surface area contributed by atoms with Gasteiger partial charge in [0, 0.05) is 10.3 Å². The van der Waals surface area contributed by atoms with E-state index in [9.17, 15) is 9.59 Å². The molecule has 0 bridgehead atoms. The largest absolute Gasteiger partial charge is 0.453 e. The molecular weight excluding hydrogens is 374 g/mol. The Hall–Kier alpha value is -3.06. The molecule has 1 N–H and O–H groups in total. The van der Waals surface area contributed by atoms with E-state index in [-0.39, 0.29) is 17.9 Å². The van der Waals surface area contributed by atoms with Gasteiger partial charge in [-0.2, -0.15) is 0 Å². The van der Waals surface area contributed by atoms with Crippen molar-refractivity contribution in [2.75, 3.05) is 0 Å². The van der Waals surface area contributed by atoms with Gasteiger partial charge in [0.1, 0.15) is 23.0 Å². The van der Waals surface area contributed by atoms with E-state index in [1.165, 1.54) is 4.88 Å². The Morgan fingerprint density at radius 3 is 2.89 bits per heavy atom. The first-order valence-corrected chi connectivity index (χ1v) is 10.1. The molecular formula is C21H17N3O3S. The minimum absolute atomic E-state index is 0.0961. The average molecular weight is 391 g/mol. The number of aromatic nitrogens is 3. The quantitative estimate of drug-likeness (QED) is 0.538. The number of fused-ring (bicyclic) bond motifs is 4. The highest BCUT2D eigenvalue weighted by Crippen LogP contribution is 2.33. The maximum atomic E-state index is 12.6. The number of aromatic amines is 1. The molecule has 0 atom stereocenters. The number of benzene rings is 1. The third kappa shape index (κ3) is 2.97. The summed E-state index contributed by atoms with van der Waals surface area (Å²) in [5.41, 5.74) is 1.95. The molecule has 0 amide bonds. The number of aryl methyl sites for hydroxylation is 2. The molecule has 1 aliphatic rings. The van der Waals surface area contributed by atoms with Crippen LogP contribution in [0, 0.1) is 0 Å². The van der Waals surface area contributed by atoms with Gasteiger partial charge in [-0.15, -0.1) is 11.3 Å². The zero-order chi connectivity index (χ0) is 19.1. The molecule has 1 aliphatic carbocycles. The van der Waals surface area contributed by atoms with E-state index in [0.29, 0.717) is 11.2 Å². The summed E-state index contributed by atoms with van der Waals surface area (Å²) in [5.74, 6) is -0.191. The van der Waals surface area contributed by atoms with Gasteiger partial charge in [0.15, 0.2) is 0 Å². The number of ether oxygens (including phenoxy) is 1. The third-order valence-electron chi connectivity index (χ3n) is 5.02. The number of carbonyl (C=O) groups is 1. The Bertz CT molecular complexity index is 1280. The number of H-pyrrole nitrogens is 1. The van der Waals surface area contributed by atoms with Gasteiger partial charge in [0.2, 0.25) is 0 Å². The van der Waals surface area contributed by atoms with Gasteiger partial charge in [-0.1, -0.05) is 24.3 Å². The van der Waals surface area contributed by atoms with Crippen LogP contribution in [0.25, 0.3) is 21.1 Å². The first-order valence-electron chi connectivity index (χ1n) is 9.25. The van der Waals surface area contributed by atoms with Crippen LogP contribution in [0.1, 0.15) is 39.6 Å². The summed E-state index contributed by atoms with van der Waals surface area (Å²) in [6, 6.07) is 11.0. The van der Waals surface area contributed by atoms with Crippen molar-refractivity contribution >= 4 is 38.4 Å². The second-order valence-electron chi connectivity index (χ2n) is 6.87. The van der Waals surface area contributed by atoms with Gasteiger partial charge >= 0.3 is 5.97 Å². The number of hydrogen-bond donors (Lipinski definition) is 1. The van der Waals surface area contributed by atoms with Crippen LogP contribution in [-0.2, 0) is 24.2 Å². The summed E-state index contributed by atoms with van der Waals surface area (Å²) in [4.78, 5) is 38.5. The molecule has 6 nitrogen and oxygen atoms in total. The summed E-state index contributed by atoms with van der Waals surface area (Å²) in [7, 11) is 0. The lowest BCUT2D eigenvalue weighted by Gasteiger charge is -2.09. The standard InChI is InChI=1S/C21H17N3O3S/c25-19-18-13-6-2-4-8-16(13)28-20(18)24-17(23-19)11-27-21(26)15-10-9-12-5-1-3-7-14(12)22-15/h1,3,5,7,9-10H,2,4,6,8,11H2,(H,23,24,25). The van der Waals surface area contributed by atoms with E-state index in [0.717, 1.165) is 47.0 Å². The van der Waals surface area contributed by atoms with Crippen molar-refractivity contribution in [1.82, 2.24) is 15.0 Å². The highest BCUT2D eigenvalue weighted by atomic mass is 32.1. The highest BCUT2D eigenvalue weighted by Gasteiger charge is 2.20. The molecule has 0 saturated carbocycles. The maximum absolute atomic E-state index is 12.6. The monoisotopic (exact) mass is 391 g/mol. The van der Waals surface area contributed by atoms with Crippen molar-refractivity contribution in [3.8, 4) is 0 Å². The zero-order valence-corrected chi connectivity index (χ0v) is 15.8. The fraction of sp³-hybridized carbons (Fsp3) is 0.238. The van der Waals surface area contributed by atoms with Gasteiger partial charge in [0.25, 0.3) is 5.56 Å². The number of rotatable bonds is 3. The Morgan fingerprint density at radius 1 is 1.11 bits per heavy atom. The fourth-order valence-corrected chi connectivity index (χ4v) is 4.95. The Labute approximate surface area is 164 Å². The van der Waals surface area contributed by atoms with E-state index in [4.69, 9.17) is 4.74 Å². The number of thiophene rings is 1. The Kier molecular flexibility index (Phi) is 4.16. The zero-order valence-electron chi connectivity index (χ0n) is 15.0. The molecule has 3 aromatic heterocycles. The third-order valence-corrected chi connectivity index (χ3v) is 6.21. The minimum Gasteiger partial charge on any atom is -0.453 e. The van der Waals surface area contributed by atoms with Crippen LogP contribution >= 0.6 is 11.3 Å². The SMILES string of the molecule is O=C(OCc1nc2sc3c(c2c(=O)[nH]1)CCCC3)c1ccc2ccccc2n1. The fourth-order valence-electron chi connectivity index (χ4n) is 3.66. The maximum Gasteiger partial charge on any atom is 0.357 e. The highest BCUT2D eigenvalue weighted by molar-refractivity contribution is 7.18.